The van der Waals surface area contributed by atoms with Gasteiger partial charge in [-0.2, -0.15) is 8.42 Å². The largest absolute Gasteiger partial charge is 0.505 e. The van der Waals surface area contributed by atoms with E-state index in [9.17, 15) is 22.7 Å². The lowest BCUT2D eigenvalue weighted by atomic mass is 9.85. The topological polar surface area (TPSA) is 108 Å². The SMILES string of the molecule is O=C1CN(c2c(O)cc3c(c2F)C[C@H](CNCC2CCC2)O3)S(=O)(=O)N1. The van der Waals surface area contributed by atoms with Crippen LogP contribution in [0.15, 0.2) is 6.07 Å². The minimum Gasteiger partial charge on any atom is -0.505 e. The molecule has 0 aromatic heterocycles. The Bertz CT molecular complexity index is 856. The number of aromatic hydroxyl groups is 1. The van der Waals surface area contributed by atoms with Gasteiger partial charge in [0.15, 0.2) is 5.82 Å². The van der Waals surface area contributed by atoms with Crippen molar-refractivity contribution in [1.29, 1.82) is 0 Å². The van der Waals surface area contributed by atoms with Crippen LogP contribution in [0.1, 0.15) is 24.8 Å². The summed E-state index contributed by atoms with van der Waals surface area (Å²) in [6.45, 7) is 0.872. The summed E-state index contributed by atoms with van der Waals surface area (Å²) in [6.07, 6.45) is 3.69. The van der Waals surface area contributed by atoms with Crippen molar-refractivity contribution in [3.05, 3.63) is 17.4 Å². The van der Waals surface area contributed by atoms with Crippen LogP contribution < -0.4 is 19.1 Å². The summed E-state index contributed by atoms with van der Waals surface area (Å²) in [4.78, 5) is 11.4. The van der Waals surface area contributed by atoms with E-state index in [0.717, 1.165) is 6.54 Å². The van der Waals surface area contributed by atoms with Crippen LogP contribution in [0.3, 0.4) is 0 Å². The lowest BCUT2D eigenvalue weighted by molar-refractivity contribution is -0.117. The highest BCUT2D eigenvalue weighted by Crippen LogP contribution is 2.43. The van der Waals surface area contributed by atoms with Gasteiger partial charge in [-0.15, -0.1) is 0 Å². The Labute approximate surface area is 150 Å². The van der Waals surface area contributed by atoms with Gasteiger partial charge in [0.05, 0.1) is 0 Å². The fraction of sp³-hybridized carbons (Fsp3) is 0.562. The molecule has 1 saturated carbocycles. The van der Waals surface area contributed by atoms with E-state index in [2.05, 4.69) is 5.32 Å². The molecule has 1 saturated heterocycles. The molecular formula is C16H20FN3O5S. The number of hydrogen-bond donors (Lipinski definition) is 3. The number of amides is 1. The molecule has 2 fully saturated rings. The second kappa shape index (κ2) is 6.27. The summed E-state index contributed by atoms with van der Waals surface area (Å²) in [5.74, 6) is -1.34. The molecule has 0 unspecified atom stereocenters. The third-order valence-electron chi connectivity index (χ3n) is 5.11. The molecule has 142 valence electrons. The van der Waals surface area contributed by atoms with Crippen LogP contribution in [0.4, 0.5) is 10.1 Å². The van der Waals surface area contributed by atoms with Crippen molar-refractivity contribution in [3.63, 3.8) is 0 Å². The predicted octanol–water partition coefficient (Wildman–Crippen LogP) is 0.405. The van der Waals surface area contributed by atoms with E-state index in [1.54, 1.807) is 4.72 Å². The molecule has 1 aromatic carbocycles. The highest BCUT2D eigenvalue weighted by molar-refractivity contribution is 7.92. The van der Waals surface area contributed by atoms with Crippen molar-refractivity contribution >= 4 is 21.8 Å². The van der Waals surface area contributed by atoms with Crippen molar-refractivity contribution in [2.24, 2.45) is 5.92 Å². The van der Waals surface area contributed by atoms with Crippen LogP contribution >= 0.6 is 0 Å². The van der Waals surface area contributed by atoms with E-state index in [-0.39, 0.29) is 23.8 Å². The number of rotatable bonds is 5. The normalized spacial score (nSPS) is 24.1. The summed E-state index contributed by atoms with van der Waals surface area (Å²) in [5.41, 5.74) is -0.309. The molecule has 3 N–H and O–H groups in total. The maximum absolute atomic E-state index is 14.9. The Balaban J connectivity index is 1.52. The van der Waals surface area contributed by atoms with E-state index in [1.807, 2.05) is 0 Å². The molecule has 8 nitrogen and oxygen atoms in total. The first-order valence-corrected chi connectivity index (χ1v) is 10.0. The van der Waals surface area contributed by atoms with Gasteiger partial charge in [0.2, 0.25) is 0 Å². The molecule has 10 heteroatoms. The van der Waals surface area contributed by atoms with Crippen molar-refractivity contribution in [3.8, 4) is 11.5 Å². The molecule has 1 aliphatic carbocycles. The first-order chi connectivity index (χ1) is 12.3. The number of nitrogens with one attached hydrogen (secondary N) is 2. The van der Waals surface area contributed by atoms with Crippen LogP contribution in [0.5, 0.6) is 11.5 Å². The Morgan fingerprint density at radius 1 is 1.38 bits per heavy atom. The summed E-state index contributed by atoms with van der Waals surface area (Å²) in [6, 6.07) is 1.21. The van der Waals surface area contributed by atoms with Crippen molar-refractivity contribution in [2.45, 2.75) is 31.8 Å². The number of carbonyl (C=O) groups excluding carboxylic acids is 1. The molecule has 3 aliphatic rings. The second-order valence-electron chi connectivity index (χ2n) is 6.97. The first-order valence-electron chi connectivity index (χ1n) is 8.60. The Morgan fingerprint density at radius 2 is 2.15 bits per heavy atom. The molecule has 1 amide bonds. The van der Waals surface area contributed by atoms with Gasteiger partial charge in [-0.1, -0.05) is 6.42 Å². The van der Waals surface area contributed by atoms with Gasteiger partial charge in [0.25, 0.3) is 5.91 Å². The molecule has 0 radical (unpaired) electrons. The zero-order valence-electron chi connectivity index (χ0n) is 14.0. The molecule has 2 heterocycles. The second-order valence-corrected chi connectivity index (χ2v) is 8.57. The lowest BCUT2D eigenvalue weighted by Gasteiger charge is -2.26. The van der Waals surface area contributed by atoms with Gasteiger partial charge in [-0.25, -0.2) is 13.4 Å². The summed E-state index contributed by atoms with van der Waals surface area (Å²) in [7, 11) is -4.20. The van der Waals surface area contributed by atoms with Crippen LogP contribution in [0.2, 0.25) is 0 Å². The Kier molecular flexibility index (Phi) is 4.19. The molecule has 1 aromatic rings. The van der Waals surface area contributed by atoms with Crippen molar-refractivity contribution < 1.29 is 27.4 Å². The number of fused-ring (bicyclic) bond motifs is 1. The summed E-state index contributed by atoms with van der Waals surface area (Å²) >= 11 is 0. The number of phenols is 1. The monoisotopic (exact) mass is 385 g/mol. The predicted molar refractivity (Wildman–Crippen MR) is 90.8 cm³/mol. The Morgan fingerprint density at radius 3 is 2.77 bits per heavy atom. The van der Waals surface area contributed by atoms with E-state index in [4.69, 9.17) is 4.74 Å². The number of carbonyl (C=O) groups is 1. The first kappa shape index (κ1) is 17.3. The lowest BCUT2D eigenvalue weighted by Crippen LogP contribution is -2.35. The molecule has 26 heavy (non-hydrogen) atoms. The van der Waals surface area contributed by atoms with E-state index < -0.39 is 39.9 Å². The average Bonchev–Trinajstić information content (AvgIpc) is 3.02. The highest BCUT2D eigenvalue weighted by Gasteiger charge is 2.40. The third kappa shape index (κ3) is 2.96. The molecular weight excluding hydrogens is 365 g/mol. The van der Waals surface area contributed by atoms with Gasteiger partial charge < -0.3 is 15.2 Å². The summed E-state index contributed by atoms with van der Waals surface area (Å²) in [5, 5.41) is 13.4. The zero-order valence-corrected chi connectivity index (χ0v) is 14.8. The number of hydrogen-bond acceptors (Lipinski definition) is 6. The molecule has 4 rings (SSSR count). The van der Waals surface area contributed by atoms with Gasteiger partial charge >= 0.3 is 10.2 Å². The van der Waals surface area contributed by atoms with Crippen molar-refractivity contribution in [2.75, 3.05) is 23.9 Å². The third-order valence-corrected chi connectivity index (χ3v) is 6.48. The quantitative estimate of drug-likeness (QED) is 0.677. The number of benzene rings is 1. The van der Waals surface area contributed by atoms with Crippen LogP contribution in [-0.2, 0) is 21.4 Å². The van der Waals surface area contributed by atoms with Crippen LogP contribution in [0, 0.1) is 11.7 Å². The average molecular weight is 385 g/mol. The van der Waals surface area contributed by atoms with Gasteiger partial charge in [0.1, 0.15) is 29.8 Å². The minimum atomic E-state index is -4.20. The smallest absolute Gasteiger partial charge is 0.326 e. The number of nitrogens with zero attached hydrogens (tertiary/aromatic N) is 1. The van der Waals surface area contributed by atoms with Crippen LogP contribution in [-0.4, -0.2) is 45.2 Å². The van der Waals surface area contributed by atoms with Crippen LogP contribution in [0.25, 0.3) is 0 Å². The van der Waals surface area contributed by atoms with E-state index in [1.165, 1.54) is 25.3 Å². The minimum absolute atomic E-state index is 0.204. The van der Waals surface area contributed by atoms with E-state index >= 15 is 0 Å². The van der Waals surface area contributed by atoms with E-state index in [0.29, 0.717) is 16.8 Å². The number of halogens is 1. The molecule has 2 aliphatic heterocycles. The number of ether oxygens (including phenoxy) is 1. The van der Waals surface area contributed by atoms with Crippen molar-refractivity contribution in [1.82, 2.24) is 10.0 Å². The van der Waals surface area contributed by atoms with Gasteiger partial charge in [-0.3, -0.25) is 4.79 Å². The number of anilines is 1. The standard InChI is InChI=1S/C16H20FN3O5S/c17-15-11-4-10(7-18-6-9-2-1-3-9)25-13(11)5-12(21)16(15)20-8-14(22)19-26(20,23)24/h5,9-10,18,21H,1-4,6-8H2,(H,19,22)/t10-/m1/s1. The maximum atomic E-state index is 14.9. The molecule has 0 spiro atoms. The highest BCUT2D eigenvalue weighted by atomic mass is 32.2. The molecule has 1 atom stereocenters. The fourth-order valence-electron chi connectivity index (χ4n) is 3.53. The van der Waals surface area contributed by atoms with Gasteiger partial charge in [0, 0.05) is 24.6 Å². The molecule has 0 bridgehead atoms. The zero-order chi connectivity index (χ0) is 18.5. The van der Waals surface area contributed by atoms with Gasteiger partial charge in [-0.05, 0) is 25.3 Å². The fourth-order valence-corrected chi connectivity index (χ4v) is 4.69. The summed E-state index contributed by atoms with van der Waals surface area (Å²) < 4.78 is 46.8. The number of phenolic OH excluding ortho intramolecular Hbond substituents is 1. The Hall–Kier alpha value is -2.07. The maximum Gasteiger partial charge on any atom is 0.326 e.